The van der Waals surface area contributed by atoms with Crippen LogP contribution in [0.15, 0.2) is 12.3 Å². The molecule has 0 spiro atoms. The maximum Gasteiger partial charge on any atom is 0.0650 e. The van der Waals surface area contributed by atoms with E-state index in [4.69, 9.17) is 0 Å². The van der Waals surface area contributed by atoms with E-state index < -0.39 is 0 Å². The van der Waals surface area contributed by atoms with Crippen LogP contribution in [0.2, 0.25) is 0 Å². The van der Waals surface area contributed by atoms with Crippen LogP contribution in [0.5, 0.6) is 0 Å². The molecule has 2 atom stereocenters. The first-order chi connectivity index (χ1) is 7.17. The molecule has 3 heteroatoms. The first-order valence-corrected chi connectivity index (χ1v) is 5.89. The number of rotatable bonds is 6. The van der Waals surface area contributed by atoms with E-state index in [2.05, 4.69) is 25.9 Å². The molecule has 1 N–H and O–H groups in total. The molecule has 0 bridgehead atoms. The highest BCUT2D eigenvalue weighted by Crippen LogP contribution is 2.11. The Morgan fingerprint density at radius 2 is 2.20 bits per heavy atom. The molecule has 2 unspecified atom stereocenters. The number of hydrogen-bond donors (Lipinski definition) is 1. The molecule has 1 aromatic rings. The van der Waals surface area contributed by atoms with Gasteiger partial charge in [0.15, 0.2) is 0 Å². The Balaban J connectivity index is 2.52. The average molecular weight is 210 g/mol. The normalized spacial score (nSPS) is 15.2. The van der Waals surface area contributed by atoms with Crippen molar-refractivity contribution in [2.75, 3.05) is 0 Å². The van der Waals surface area contributed by atoms with Crippen molar-refractivity contribution in [2.24, 2.45) is 0 Å². The van der Waals surface area contributed by atoms with Crippen molar-refractivity contribution in [3.8, 4) is 0 Å². The molecule has 3 nitrogen and oxygen atoms in total. The van der Waals surface area contributed by atoms with Crippen LogP contribution in [-0.2, 0) is 6.42 Å². The van der Waals surface area contributed by atoms with Crippen LogP contribution in [-0.4, -0.2) is 21.0 Å². The predicted molar refractivity (Wildman–Crippen MR) is 61.8 cm³/mol. The largest absolute Gasteiger partial charge is 0.393 e. The average Bonchev–Trinajstić information content (AvgIpc) is 2.65. The molecule has 15 heavy (non-hydrogen) atoms. The summed E-state index contributed by atoms with van der Waals surface area (Å²) in [7, 11) is 0. The minimum absolute atomic E-state index is 0.240. The smallest absolute Gasteiger partial charge is 0.0650 e. The summed E-state index contributed by atoms with van der Waals surface area (Å²) in [6.45, 7) is 6.39. The van der Waals surface area contributed by atoms with E-state index in [9.17, 15) is 5.11 Å². The Morgan fingerprint density at radius 3 is 2.80 bits per heavy atom. The second kappa shape index (κ2) is 5.91. The van der Waals surface area contributed by atoms with Gasteiger partial charge in [0, 0.05) is 18.7 Å². The van der Waals surface area contributed by atoms with Crippen LogP contribution >= 0.6 is 0 Å². The zero-order valence-electron chi connectivity index (χ0n) is 9.98. The van der Waals surface area contributed by atoms with Gasteiger partial charge in [0.25, 0.3) is 0 Å². The van der Waals surface area contributed by atoms with Gasteiger partial charge in [-0.15, -0.1) is 0 Å². The lowest BCUT2D eigenvalue weighted by molar-refractivity contribution is 0.162. The topological polar surface area (TPSA) is 38.0 Å². The molecule has 0 saturated carbocycles. The van der Waals surface area contributed by atoms with E-state index in [1.54, 1.807) is 0 Å². The lowest BCUT2D eigenvalue weighted by atomic mass is 10.1. The zero-order chi connectivity index (χ0) is 11.3. The van der Waals surface area contributed by atoms with Crippen LogP contribution in [0.1, 0.15) is 51.8 Å². The summed E-state index contributed by atoms with van der Waals surface area (Å²) in [5, 5.41) is 14.1. The Bertz CT molecular complexity index is 283. The SMILES string of the molecule is CCCC(O)Cc1ccn(C(C)CC)n1. The number of hydrogen-bond acceptors (Lipinski definition) is 2. The lowest BCUT2D eigenvalue weighted by Crippen LogP contribution is -2.11. The molecule has 86 valence electrons. The minimum Gasteiger partial charge on any atom is -0.393 e. The van der Waals surface area contributed by atoms with Gasteiger partial charge in [0.2, 0.25) is 0 Å². The first kappa shape index (κ1) is 12.2. The third kappa shape index (κ3) is 3.67. The number of nitrogens with zero attached hydrogens (tertiary/aromatic N) is 2. The Morgan fingerprint density at radius 1 is 1.47 bits per heavy atom. The van der Waals surface area contributed by atoms with E-state index in [-0.39, 0.29) is 6.10 Å². The number of aliphatic hydroxyl groups excluding tert-OH is 1. The third-order valence-electron chi connectivity index (χ3n) is 2.77. The molecule has 0 amide bonds. The highest BCUT2D eigenvalue weighted by Gasteiger charge is 2.08. The van der Waals surface area contributed by atoms with Crippen molar-refractivity contribution >= 4 is 0 Å². The summed E-state index contributed by atoms with van der Waals surface area (Å²) in [5.41, 5.74) is 0.997. The summed E-state index contributed by atoms with van der Waals surface area (Å²) >= 11 is 0. The highest BCUT2D eigenvalue weighted by molar-refractivity contribution is 5.01. The van der Waals surface area contributed by atoms with Gasteiger partial charge in [-0.3, -0.25) is 4.68 Å². The first-order valence-electron chi connectivity index (χ1n) is 5.89. The van der Waals surface area contributed by atoms with Crippen LogP contribution in [0.4, 0.5) is 0 Å². The number of aliphatic hydroxyl groups is 1. The third-order valence-corrected chi connectivity index (χ3v) is 2.77. The minimum atomic E-state index is -0.240. The van der Waals surface area contributed by atoms with Crippen molar-refractivity contribution in [3.63, 3.8) is 0 Å². The van der Waals surface area contributed by atoms with E-state index in [1.807, 2.05) is 16.9 Å². The van der Waals surface area contributed by atoms with Crippen molar-refractivity contribution < 1.29 is 5.11 Å². The maximum atomic E-state index is 9.66. The fourth-order valence-corrected chi connectivity index (χ4v) is 1.60. The molecular formula is C12H22N2O. The Hall–Kier alpha value is -0.830. The van der Waals surface area contributed by atoms with Gasteiger partial charge in [-0.05, 0) is 25.8 Å². The summed E-state index contributed by atoms with van der Waals surface area (Å²) in [6, 6.07) is 2.45. The molecule has 0 aliphatic rings. The summed E-state index contributed by atoms with van der Waals surface area (Å²) in [4.78, 5) is 0. The molecule has 0 fully saturated rings. The molecule has 1 heterocycles. The van der Waals surface area contributed by atoms with Gasteiger partial charge in [-0.1, -0.05) is 20.3 Å². The molecule has 0 aliphatic heterocycles. The van der Waals surface area contributed by atoms with Gasteiger partial charge < -0.3 is 5.11 Å². The highest BCUT2D eigenvalue weighted by atomic mass is 16.3. The van der Waals surface area contributed by atoms with Crippen molar-refractivity contribution in [1.82, 2.24) is 9.78 Å². The molecule has 0 aromatic carbocycles. The van der Waals surface area contributed by atoms with E-state index in [1.165, 1.54) is 0 Å². The van der Waals surface area contributed by atoms with E-state index >= 15 is 0 Å². The zero-order valence-corrected chi connectivity index (χ0v) is 9.98. The summed E-state index contributed by atoms with van der Waals surface area (Å²) in [5.74, 6) is 0. The van der Waals surface area contributed by atoms with Crippen molar-refractivity contribution in [1.29, 1.82) is 0 Å². The van der Waals surface area contributed by atoms with Gasteiger partial charge >= 0.3 is 0 Å². The van der Waals surface area contributed by atoms with Gasteiger partial charge in [0.1, 0.15) is 0 Å². The monoisotopic (exact) mass is 210 g/mol. The fraction of sp³-hybridized carbons (Fsp3) is 0.750. The van der Waals surface area contributed by atoms with Crippen LogP contribution in [0.25, 0.3) is 0 Å². The van der Waals surface area contributed by atoms with Crippen LogP contribution in [0, 0.1) is 0 Å². The molecular weight excluding hydrogens is 188 g/mol. The lowest BCUT2D eigenvalue weighted by Gasteiger charge is -2.09. The molecule has 1 rings (SSSR count). The van der Waals surface area contributed by atoms with Gasteiger partial charge in [-0.25, -0.2) is 0 Å². The Labute approximate surface area is 92.1 Å². The van der Waals surface area contributed by atoms with Crippen LogP contribution in [0.3, 0.4) is 0 Å². The van der Waals surface area contributed by atoms with E-state index in [0.29, 0.717) is 12.5 Å². The van der Waals surface area contributed by atoms with Crippen LogP contribution < -0.4 is 0 Å². The standard InChI is InChI=1S/C12H22N2O/c1-4-6-12(15)9-11-7-8-14(13-11)10(3)5-2/h7-8,10,12,15H,4-6,9H2,1-3H3. The van der Waals surface area contributed by atoms with Crippen molar-refractivity contribution in [3.05, 3.63) is 18.0 Å². The fourth-order valence-electron chi connectivity index (χ4n) is 1.60. The second-order valence-electron chi connectivity index (χ2n) is 4.19. The summed E-state index contributed by atoms with van der Waals surface area (Å²) in [6.07, 6.45) is 5.40. The number of aromatic nitrogens is 2. The summed E-state index contributed by atoms with van der Waals surface area (Å²) < 4.78 is 1.98. The Kier molecular flexibility index (Phi) is 4.82. The second-order valence-corrected chi connectivity index (χ2v) is 4.19. The molecule has 1 aromatic heterocycles. The molecule has 0 saturated heterocycles. The molecule has 0 radical (unpaired) electrons. The van der Waals surface area contributed by atoms with E-state index in [0.717, 1.165) is 25.0 Å². The quantitative estimate of drug-likeness (QED) is 0.783. The van der Waals surface area contributed by atoms with Gasteiger partial charge in [0.05, 0.1) is 11.8 Å². The van der Waals surface area contributed by atoms with Gasteiger partial charge in [-0.2, -0.15) is 5.10 Å². The van der Waals surface area contributed by atoms with Crippen molar-refractivity contribution in [2.45, 2.75) is 58.6 Å². The predicted octanol–water partition coefficient (Wildman–Crippen LogP) is 2.56. The molecule has 0 aliphatic carbocycles. The maximum absolute atomic E-state index is 9.66.